The van der Waals surface area contributed by atoms with Gasteiger partial charge in [0.2, 0.25) is 0 Å². The first kappa shape index (κ1) is 13.7. The molecule has 1 saturated heterocycles. The van der Waals surface area contributed by atoms with Crippen molar-refractivity contribution in [3.05, 3.63) is 28.4 Å². The quantitative estimate of drug-likeness (QED) is 0.643. The van der Waals surface area contributed by atoms with E-state index < -0.39 is 4.92 Å². The number of nitrogens with zero attached hydrogens (tertiary/aromatic N) is 3. The Balaban J connectivity index is 2.12. The molecule has 1 aromatic heterocycles. The van der Waals surface area contributed by atoms with Crippen LogP contribution in [0.15, 0.2) is 18.3 Å². The highest BCUT2D eigenvalue weighted by Gasteiger charge is 2.32. The van der Waals surface area contributed by atoms with E-state index in [2.05, 4.69) is 4.98 Å². The fraction of sp³-hybridized carbons (Fsp3) is 0.583. The molecule has 2 heterocycles. The van der Waals surface area contributed by atoms with Gasteiger partial charge in [-0.1, -0.05) is 0 Å². The Morgan fingerprint density at radius 1 is 1.58 bits per heavy atom. The summed E-state index contributed by atoms with van der Waals surface area (Å²) in [4.78, 5) is 16.3. The summed E-state index contributed by atoms with van der Waals surface area (Å²) in [7, 11) is 1.63. The van der Waals surface area contributed by atoms with Crippen LogP contribution in [0.5, 0.6) is 0 Å². The predicted molar refractivity (Wildman–Crippen MR) is 71.1 cm³/mol. The van der Waals surface area contributed by atoms with Crippen LogP contribution >= 0.6 is 0 Å². The second kappa shape index (κ2) is 5.50. The van der Waals surface area contributed by atoms with Crippen molar-refractivity contribution >= 4 is 11.5 Å². The van der Waals surface area contributed by atoms with Crippen LogP contribution in [0.3, 0.4) is 0 Å². The van der Waals surface area contributed by atoms with Gasteiger partial charge in [-0.05, 0) is 34.9 Å². The van der Waals surface area contributed by atoms with Crippen LogP contribution in [0, 0.1) is 10.1 Å². The van der Waals surface area contributed by atoms with Crippen LogP contribution in [0.4, 0.5) is 11.5 Å². The molecule has 1 aliphatic rings. The molecular weight excluding hydrogens is 248 g/mol. The summed E-state index contributed by atoms with van der Waals surface area (Å²) in [5, 5.41) is 11.0. The molecule has 1 aromatic rings. The zero-order chi connectivity index (χ0) is 13.9. The van der Waals surface area contributed by atoms with Gasteiger partial charge in [0.05, 0.1) is 6.61 Å². The first-order chi connectivity index (χ1) is 9.06. The Labute approximate surface area is 111 Å². The number of ether oxygens (including phenoxy) is 1. The molecule has 0 spiro atoms. The molecule has 0 unspecified atom stereocenters. The Morgan fingerprint density at radius 3 is 2.84 bits per heavy atom. The van der Waals surface area contributed by atoms with Gasteiger partial charge >= 0.3 is 5.82 Å². The number of anilines is 1. The highest BCUT2D eigenvalue weighted by Crippen LogP contribution is 2.30. The van der Waals surface area contributed by atoms with E-state index >= 15 is 0 Å². The van der Waals surface area contributed by atoms with Crippen LogP contribution in [0.2, 0.25) is 0 Å². The number of pyridine rings is 1. The maximum absolute atomic E-state index is 11.0. The van der Waals surface area contributed by atoms with Crippen LogP contribution in [0.1, 0.15) is 12.8 Å². The molecule has 7 nitrogen and oxygen atoms in total. The van der Waals surface area contributed by atoms with Crippen molar-refractivity contribution in [3.63, 3.8) is 0 Å². The van der Waals surface area contributed by atoms with Crippen molar-refractivity contribution in [2.45, 2.75) is 18.4 Å². The van der Waals surface area contributed by atoms with Crippen molar-refractivity contribution in [1.29, 1.82) is 0 Å². The number of hydrogen-bond acceptors (Lipinski definition) is 6. The largest absolute Gasteiger partial charge is 0.387 e. The van der Waals surface area contributed by atoms with Crippen LogP contribution in [-0.4, -0.2) is 42.3 Å². The molecule has 0 aliphatic carbocycles. The van der Waals surface area contributed by atoms with Gasteiger partial charge in [0.1, 0.15) is 11.9 Å². The van der Waals surface area contributed by atoms with Crippen LogP contribution in [0.25, 0.3) is 0 Å². The molecule has 1 fully saturated rings. The lowest BCUT2D eigenvalue weighted by Crippen LogP contribution is -2.53. The smallest absolute Gasteiger partial charge is 0.383 e. The van der Waals surface area contributed by atoms with Gasteiger partial charge in [-0.15, -0.1) is 0 Å². The highest BCUT2D eigenvalue weighted by atomic mass is 16.6. The molecule has 0 saturated carbocycles. The van der Waals surface area contributed by atoms with E-state index in [-0.39, 0.29) is 11.4 Å². The number of aromatic nitrogens is 1. The second-order valence-electron chi connectivity index (χ2n) is 4.89. The van der Waals surface area contributed by atoms with Crippen molar-refractivity contribution < 1.29 is 9.66 Å². The van der Waals surface area contributed by atoms with Gasteiger partial charge < -0.3 is 25.5 Å². The molecule has 0 amide bonds. The first-order valence-electron chi connectivity index (χ1n) is 6.18. The highest BCUT2D eigenvalue weighted by molar-refractivity contribution is 5.59. The monoisotopic (exact) mass is 266 g/mol. The van der Waals surface area contributed by atoms with Crippen LogP contribution in [-0.2, 0) is 4.74 Å². The Bertz CT molecular complexity index is 458. The molecule has 2 rings (SSSR count). The molecule has 19 heavy (non-hydrogen) atoms. The molecule has 7 heteroatoms. The summed E-state index contributed by atoms with van der Waals surface area (Å²) in [6.45, 7) is 1.86. The number of piperidine rings is 1. The van der Waals surface area contributed by atoms with Crippen molar-refractivity contribution in [1.82, 2.24) is 4.98 Å². The van der Waals surface area contributed by atoms with Crippen molar-refractivity contribution in [2.24, 2.45) is 5.73 Å². The van der Waals surface area contributed by atoms with Gasteiger partial charge in [-0.3, -0.25) is 0 Å². The predicted octanol–water partition coefficient (Wildman–Crippen LogP) is 0.934. The third kappa shape index (κ3) is 2.99. The Hall–Kier alpha value is -1.73. The summed E-state index contributed by atoms with van der Waals surface area (Å²) >= 11 is 0. The third-order valence-electron chi connectivity index (χ3n) is 3.47. The lowest BCUT2D eigenvalue weighted by atomic mass is 9.89. The summed E-state index contributed by atoms with van der Waals surface area (Å²) in [6.07, 6.45) is 2.92. The SMILES string of the molecule is COCC1(N)CCN(c2cccnc2[N+](=O)[O-])CC1. The normalized spacial score (nSPS) is 18.3. The van der Waals surface area contributed by atoms with E-state index in [0.29, 0.717) is 25.4 Å². The van der Waals surface area contributed by atoms with Gasteiger partial charge in [0.25, 0.3) is 0 Å². The minimum Gasteiger partial charge on any atom is -0.383 e. The fourth-order valence-corrected chi connectivity index (χ4v) is 2.40. The zero-order valence-electron chi connectivity index (χ0n) is 10.9. The molecule has 104 valence electrons. The van der Waals surface area contributed by atoms with E-state index in [1.165, 1.54) is 6.20 Å². The number of rotatable bonds is 4. The third-order valence-corrected chi connectivity index (χ3v) is 3.47. The lowest BCUT2D eigenvalue weighted by Gasteiger charge is -2.39. The fourth-order valence-electron chi connectivity index (χ4n) is 2.40. The number of methoxy groups -OCH3 is 1. The van der Waals surface area contributed by atoms with Gasteiger partial charge in [0.15, 0.2) is 0 Å². The molecule has 2 N–H and O–H groups in total. The van der Waals surface area contributed by atoms with E-state index in [1.54, 1.807) is 19.2 Å². The van der Waals surface area contributed by atoms with E-state index in [4.69, 9.17) is 10.5 Å². The molecular formula is C12H18N4O3. The molecule has 0 atom stereocenters. The lowest BCUT2D eigenvalue weighted by molar-refractivity contribution is -0.388. The second-order valence-corrected chi connectivity index (χ2v) is 4.89. The summed E-state index contributed by atoms with van der Waals surface area (Å²) in [6, 6.07) is 3.44. The van der Waals surface area contributed by atoms with Gasteiger partial charge in [-0.25, -0.2) is 0 Å². The molecule has 0 bridgehead atoms. The van der Waals surface area contributed by atoms with E-state index in [0.717, 1.165) is 12.8 Å². The maximum atomic E-state index is 11.0. The van der Waals surface area contributed by atoms with Crippen LogP contribution < -0.4 is 10.6 Å². The molecule has 1 aliphatic heterocycles. The minimum absolute atomic E-state index is 0.0984. The van der Waals surface area contributed by atoms with E-state index in [9.17, 15) is 10.1 Å². The maximum Gasteiger partial charge on any atom is 0.387 e. The van der Waals surface area contributed by atoms with Crippen molar-refractivity contribution in [3.8, 4) is 0 Å². The Kier molecular flexibility index (Phi) is 3.96. The van der Waals surface area contributed by atoms with Gasteiger partial charge in [0, 0.05) is 25.7 Å². The first-order valence-corrected chi connectivity index (χ1v) is 6.18. The molecule has 0 radical (unpaired) electrons. The zero-order valence-corrected chi connectivity index (χ0v) is 10.9. The summed E-state index contributed by atoms with van der Waals surface area (Å²) in [5.74, 6) is -0.0984. The summed E-state index contributed by atoms with van der Waals surface area (Å²) < 4.78 is 5.12. The summed E-state index contributed by atoms with van der Waals surface area (Å²) in [5.41, 5.74) is 6.44. The topological polar surface area (TPSA) is 94.5 Å². The average molecular weight is 266 g/mol. The standard InChI is InChI=1S/C12H18N4O3/c1-19-9-12(13)4-7-15(8-5-12)10-3-2-6-14-11(10)16(17)18/h2-3,6H,4-5,7-9,13H2,1H3. The number of nitro groups is 1. The average Bonchev–Trinajstić information content (AvgIpc) is 2.39. The number of hydrogen-bond donors (Lipinski definition) is 1. The minimum atomic E-state index is -0.450. The number of nitrogens with two attached hydrogens (primary N) is 1. The van der Waals surface area contributed by atoms with Crippen molar-refractivity contribution in [2.75, 3.05) is 31.7 Å². The van der Waals surface area contributed by atoms with E-state index in [1.807, 2.05) is 4.90 Å². The molecule has 0 aromatic carbocycles. The van der Waals surface area contributed by atoms with Gasteiger partial charge in [-0.2, -0.15) is 0 Å². The Morgan fingerprint density at radius 2 is 2.26 bits per heavy atom.